The molecule has 0 saturated carbocycles. The Labute approximate surface area is 165 Å². The summed E-state index contributed by atoms with van der Waals surface area (Å²) in [6.45, 7) is 2.44. The van der Waals surface area contributed by atoms with Crippen molar-refractivity contribution in [1.82, 2.24) is 0 Å². The zero-order valence-electron chi connectivity index (χ0n) is 16.0. The molecule has 0 heterocycles. The van der Waals surface area contributed by atoms with Crippen molar-refractivity contribution in [2.75, 3.05) is 24.4 Å². The van der Waals surface area contributed by atoms with Gasteiger partial charge in [0.05, 0.1) is 19.4 Å². The Morgan fingerprint density at radius 2 is 1.71 bits per heavy atom. The van der Waals surface area contributed by atoms with Crippen LogP contribution in [-0.4, -0.2) is 19.6 Å². The molecule has 0 spiro atoms. The van der Waals surface area contributed by atoms with E-state index in [0.717, 1.165) is 17.0 Å². The van der Waals surface area contributed by atoms with E-state index in [2.05, 4.69) is 10.6 Å². The zero-order chi connectivity index (χ0) is 19.8. The van der Waals surface area contributed by atoms with Gasteiger partial charge < -0.3 is 20.1 Å². The molecule has 0 fully saturated rings. The van der Waals surface area contributed by atoms with E-state index in [1.165, 1.54) is 0 Å². The van der Waals surface area contributed by atoms with Gasteiger partial charge in [-0.1, -0.05) is 48.5 Å². The van der Waals surface area contributed by atoms with Crippen LogP contribution in [0, 0.1) is 0 Å². The third-order valence-corrected chi connectivity index (χ3v) is 4.22. The third kappa shape index (κ3) is 4.82. The lowest BCUT2D eigenvalue weighted by Crippen LogP contribution is -2.27. The van der Waals surface area contributed by atoms with Crippen molar-refractivity contribution in [3.63, 3.8) is 0 Å². The fraction of sp³-hybridized carbons (Fsp3) is 0.174. The predicted octanol–water partition coefficient (Wildman–Crippen LogP) is 4.89. The smallest absolute Gasteiger partial charge is 0.251 e. The number of hydrogen-bond acceptors (Lipinski definition) is 4. The van der Waals surface area contributed by atoms with E-state index < -0.39 is 6.04 Å². The summed E-state index contributed by atoms with van der Waals surface area (Å²) in [6, 6.07) is 23.9. The Hall–Kier alpha value is -3.47. The lowest BCUT2D eigenvalue weighted by Gasteiger charge is -2.21. The number of carbonyl (C=O) groups is 1. The maximum Gasteiger partial charge on any atom is 0.251 e. The van der Waals surface area contributed by atoms with E-state index in [0.29, 0.717) is 18.0 Å². The molecule has 3 rings (SSSR count). The summed E-state index contributed by atoms with van der Waals surface area (Å²) in [4.78, 5) is 13.2. The Balaban J connectivity index is 1.87. The summed E-state index contributed by atoms with van der Waals surface area (Å²) < 4.78 is 10.9. The summed E-state index contributed by atoms with van der Waals surface area (Å²) >= 11 is 0. The van der Waals surface area contributed by atoms with E-state index in [-0.39, 0.29) is 5.91 Å². The first-order chi connectivity index (χ1) is 13.7. The lowest BCUT2D eigenvalue weighted by atomic mass is 10.1. The van der Waals surface area contributed by atoms with Gasteiger partial charge in [-0.3, -0.25) is 4.79 Å². The first kappa shape index (κ1) is 19.3. The zero-order valence-corrected chi connectivity index (χ0v) is 16.0. The van der Waals surface area contributed by atoms with Crippen LogP contribution in [-0.2, 0) is 4.79 Å². The topological polar surface area (TPSA) is 59.6 Å². The van der Waals surface area contributed by atoms with Gasteiger partial charge in [0.15, 0.2) is 0 Å². The van der Waals surface area contributed by atoms with Crippen molar-refractivity contribution < 1.29 is 14.3 Å². The van der Waals surface area contributed by atoms with Crippen LogP contribution in [0.1, 0.15) is 18.5 Å². The molecule has 5 nitrogen and oxygen atoms in total. The molecule has 5 heteroatoms. The number of carbonyl (C=O) groups excluding carboxylic acids is 1. The Bertz CT molecular complexity index is 912. The number of ether oxygens (including phenoxy) is 2. The standard InChI is InChI=1S/C23H24N2O3/c1-3-28-21-15-8-7-14-20(21)25-23(26)22(17-10-5-4-6-11-17)24-18-12-9-13-19(16-18)27-2/h4-16,22,24H,3H2,1-2H3,(H,25,26)/t22-/m0/s1. The van der Waals surface area contributed by atoms with Gasteiger partial charge in [0, 0.05) is 11.8 Å². The molecule has 0 radical (unpaired) electrons. The Morgan fingerprint density at radius 3 is 2.46 bits per heavy atom. The van der Waals surface area contributed by atoms with E-state index in [1.54, 1.807) is 7.11 Å². The number of rotatable bonds is 8. The quantitative estimate of drug-likeness (QED) is 0.588. The van der Waals surface area contributed by atoms with Crippen LogP contribution in [0.3, 0.4) is 0 Å². The molecule has 0 bridgehead atoms. The minimum Gasteiger partial charge on any atom is -0.497 e. The molecule has 0 aliphatic carbocycles. The second-order valence-corrected chi connectivity index (χ2v) is 6.14. The summed E-state index contributed by atoms with van der Waals surface area (Å²) in [5, 5.41) is 6.29. The number of para-hydroxylation sites is 2. The lowest BCUT2D eigenvalue weighted by molar-refractivity contribution is -0.117. The maximum absolute atomic E-state index is 13.2. The van der Waals surface area contributed by atoms with Crippen molar-refractivity contribution >= 4 is 17.3 Å². The normalized spacial score (nSPS) is 11.4. The molecule has 28 heavy (non-hydrogen) atoms. The molecule has 2 N–H and O–H groups in total. The predicted molar refractivity (Wildman–Crippen MR) is 112 cm³/mol. The molecule has 1 atom stereocenters. The molecule has 0 unspecified atom stereocenters. The van der Waals surface area contributed by atoms with Crippen molar-refractivity contribution in [3.05, 3.63) is 84.4 Å². The fourth-order valence-electron chi connectivity index (χ4n) is 2.88. The van der Waals surface area contributed by atoms with Crippen molar-refractivity contribution in [1.29, 1.82) is 0 Å². The van der Waals surface area contributed by atoms with Gasteiger partial charge in [-0.2, -0.15) is 0 Å². The monoisotopic (exact) mass is 376 g/mol. The first-order valence-electron chi connectivity index (χ1n) is 9.19. The Morgan fingerprint density at radius 1 is 0.964 bits per heavy atom. The van der Waals surface area contributed by atoms with Gasteiger partial charge in [0.25, 0.3) is 5.91 Å². The number of amides is 1. The summed E-state index contributed by atoms with van der Waals surface area (Å²) in [7, 11) is 1.62. The highest BCUT2D eigenvalue weighted by Crippen LogP contribution is 2.27. The molecule has 144 valence electrons. The van der Waals surface area contributed by atoms with Crippen molar-refractivity contribution in [2.24, 2.45) is 0 Å². The van der Waals surface area contributed by atoms with Crippen LogP contribution in [0.4, 0.5) is 11.4 Å². The van der Waals surface area contributed by atoms with E-state index in [1.807, 2.05) is 85.8 Å². The molecule has 1 amide bonds. The van der Waals surface area contributed by atoms with Gasteiger partial charge in [0.2, 0.25) is 0 Å². The average molecular weight is 376 g/mol. The van der Waals surface area contributed by atoms with Gasteiger partial charge in [-0.05, 0) is 36.8 Å². The second-order valence-electron chi connectivity index (χ2n) is 6.14. The van der Waals surface area contributed by atoms with E-state index in [4.69, 9.17) is 9.47 Å². The summed E-state index contributed by atoms with van der Waals surface area (Å²) in [5.74, 6) is 1.19. The minimum atomic E-state index is -0.581. The highest BCUT2D eigenvalue weighted by atomic mass is 16.5. The average Bonchev–Trinajstić information content (AvgIpc) is 2.74. The van der Waals surface area contributed by atoms with Crippen LogP contribution in [0.5, 0.6) is 11.5 Å². The number of methoxy groups -OCH3 is 1. The number of anilines is 2. The van der Waals surface area contributed by atoms with Gasteiger partial charge in [-0.15, -0.1) is 0 Å². The van der Waals surface area contributed by atoms with Crippen molar-refractivity contribution in [3.8, 4) is 11.5 Å². The van der Waals surface area contributed by atoms with Crippen molar-refractivity contribution in [2.45, 2.75) is 13.0 Å². The molecule has 0 saturated heterocycles. The van der Waals surface area contributed by atoms with Crippen LogP contribution >= 0.6 is 0 Å². The molecule has 0 aliphatic heterocycles. The highest BCUT2D eigenvalue weighted by molar-refractivity contribution is 5.98. The van der Waals surface area contributed by atoms with Crippen LogP contribution in [0.25, 0.3) is 0 Å². The molecule has 0 aromatic heterocycles. The molecule has 3 aromatic carbocycles. The number of nitrogens with one attached hydrogen (secondary N) is 2. The highest BCUT2D eigenvalue weighted by Gasteiger charge is 2.22. The van der Waals surface area contributed by atoms with Crippen LogP contribution in [0.2, 0.25) is 0 Å². The first-order valence-corrected chi connectivity index (χ1v) is 9.19. The fourth-order valence-corrected chi connectivity index (χ4v) is 2.88. The molecular weight excluding hydrogens is 352 g/mol. The SMILES string of the molecule is CCOc1ccccc1NC(=O)[C@@H](Nc1cccc(OC)c1)c1ccccc1. The third-order valence-electron chi connectivity index (χ3n) is 4.22. The summed E-state index contributed by atoms with van der Waals surface area (Å²) in [5.41, 5.74) is 2.29. The van der Waals surface area contributed by atoms with Crippen LogP contribution < -0.4 is 20.1 Å². The number of hydrogen-bond donors (Lipinski definition) is 2. The largest absolute Gasteiger partial charge is 0.497 e. The van der Waals surface area contributed by atoms with E-state index >= 15 is 0 Å². The molecule has 0 aliphatic rings. The van der Waals surface area contributed by atoms with Gasteiger partial charge in [-0.25, -0.2) is 0 Å². The van der Waals surface area contributed by atoms with Gasteiger partial charge >= 0.3 is 0 Å². The molecular formula is C23H24N2O3. The second kappa shape index (κ2) is 9.46. The molecule has 3 aromatic rings. The maximum atomic E-state index is 13.2. The van der Waals surface area contributed by atoms with Crippen LogP contribution in [0.15, 0.2) is 78.9 Å². The minimum absolute atomic E-state index is 0.179. The van der Waals surface area contributed by atoms with Gasteiger partial charge in [0.1, 0.15) is 17.5 Å². The summed E-state index contributed by atoms with van der Waals surface area (Å²) in [6.07, 6.45) is 0. The van der Waals surface area contributed by atoms with E-state index in [9.17, 15) is 4.79 Å². The Kier molecular flexibility index (Phi) is 6.52. The number of benzene rings is 3.